The summed E-state index contributed by atoms with van der Waals surface area (Å²) in [6.45, 7) is 6.59. The largest absolute Gasteiger partial charge is 0.340 e. The van der Waals surface area contributed by atoms with Crippen LogP contribution in [0.3, 0.4) is 0 Å². The van der Waals surface area contributed by atoms with Crippen LogP contribution in [0, 0.1) is 6.92 Å². The van der Waals surface area contributed by atoms with E-state index in [1.165, 1.54) is 12.8 Å². The topological polar surface area (TPSA) is 72.0 Å². The van der Waals surface area contributed by atoms with Crippen LogP contribution < -0.4 is 5.32 Å². The van der Waals surface area contributed by atoms with Crippen LogP contribution in [0.4, 0.5) is 0 Å². The van der Waals surface area contributed by atoms with Crippen molar-refractivity contribution in [2.24, 2.45) is 0 Å². The van der Waals surface area contributed by atoms with Gasteiger partial charge in [0.25, 0.3) is 0 Å². The molecule has 0 radical (unpaired) electrons. The van der Waals surface area contributed by atoms with Crippen molar-refractivity contribution in [1.82, 2.24) is 30.1 Å². The molecule has 21 heavy (non-hydrogen) atoms. The number of piperidine rings is 1. The lowest BCUT2D eigenvalue weighted by atomic mass is 10.1. The smallest absolute Gasteiger partial charge is 0.223 e. The first kappa shape index (κ1) is 14.2. The van der Waals surface area contributed by atoms with Crippen LogP contribution in [0.5, 0.6) is 0 Å². The molecule has 1 aliphatic rings. The second kappa shape index (κ2) is 6.82. The lowest BCUT2D eigenvalue weighted by molar-refractivity contribution is 0.177. The molecule has 0 aromatic carbocycles. The Labute approximate surface area is 124 Å². The van der Waals surface area contributed by atoms with Gasteiger partial charge in [0.15, 0.2) is 5.82 Å². The standard InChI is InChI=1S/C14H22N6O/c1-12-17-14(18-21-12)11-19-7-2-4-13(10-19)15-6-9-20-8-3-5-16-20/h3,5,8,13,15H,2,4,6-7,9-11H2,1H3/t13-/m0/s1. The number of nitrogens with one attached hydrogen (secondary N) is 1. The van der Waals surface area contributed by atoms with E-state index in [0.29, 0.717) is 11.9 Å². The zero-order valence-corrected chi connectivity index (χ0v) is 12.4. The summed E-state index contributed by atoms with van der Waals surface area (Å²) in [4.78, 5) is 6.66. The highest BCUT2D eigenvalue weighted by atomic mass is 16.5. The van der Waals surface area contributed by atoms with Gasteiger partial charge in [-0.2, -0.15) is 10.1 Å². The molecular weight excluding hydrogens is 268 g/mol. The predicted octanol–water partition coefficient (Wildman–Crippen LogP) is 0.829. The maximum Gasteiger partial charge on any atom is 0.223 e. The molecule has 3 heterocycles. The summed E-state index contributed by atoms with van der Waals surface area (Å²) in [7, 11) is 0. The highest BCUT2D eigenvalue weighted by Crippen LogP contribution is 2.12. The highest BCUT2D eigenvalue weighted by Gasteiger charge is 2.20. The molecule has 1 aliphatic heterocycles. The van der Waals surface area contributed by atoms with E-state index in [-0.39, 0.29) is 0 Å². The molecule has 7 nitrogen and oxygen atoms in total. The van der Waals surface area contributed by atoms with E-state index in [0.717, 1.165) is 38.5 Å². The number of aromatic nitrogens is 4. The second-order valence-electron chi connectivity index (χ2n) is 5.53. The van der Waals surface area contributed by atoms with E-state index in [2.05, 4.69) is 25.5 Å². The van der Waals surface area contributed by atoms with Crippen LogP contribution in [-0.2, 0) is 13.1 Å². The van der Waals surface area contributed by atoms with E-state index in [1.807, 2.05) is 30.1 Å². The van der Waals surface area contributed by atoms with Crippen molar-refractivity contribution in [3.8, 4) is 0 Å². The molecule has 1 fully saturated rings. The summed E-state index contributed by atoms with van der Waals surface area (Å²) in [5, 5.41) is 11.8. The highest BCUT2D eigenvalue weighted by molar-refractivity contribution is 4.87. The second-order valence-corrected chi connectivity index (χ2v) is 5.53. The monoisotopic (exact) mass is 290 g/mol. The van der Waals surface area contributed by atoms with Gasteiger partial charge in [0.1, 0.15) is 0 Å². The van der Waals surface area contributed by atoms with Crippen LogP contribution in [0.25, 0.3) is 0 Å². The van der Waals surface area contributed by atoms with E-state index < -0.39 is 0 Å². The molecule has 1 saturated heterocycles. The predicted molar refractivity (Wildman–Crippen MR) is 77.6 cm³/mol. The summed E-state index contributed by atoms with van der Waals surface area (Å²) in [5.41, 5.74) is 0. The normalized spacial score (nSPS) is 20.0. The molecule has 0 spiro atoms. The van der Waals surface area contributed by atoms with Gasteiger partial charge in [0.05, 0.1) is 13.1 Å². The third-order valence-electron chi connectivity index (χ3n) is 3.77. The first-order chi connectivity index (χ1) is 10.3. The fraction of sp³-hybridized carbons (Fsp3) is 0.643. The van der Waals surface area contributed by atoms with Gasteiger partial charge in [-0.25, -0.2) is 0 Å². The Kier molecular flexibility index (Phi) is 4.62. The molecule has 1 N–H and O–H groups in total. The van der Waals surface area contributed by atoms with Crippen LogP contribution in [-0.4, -0.2) is 50.5 Å². The number of rotatable bonds is 6. The molecule has 0 amide bonds. The van der Waals surface area contributed by atoms with Crippen molar-refractivity contribution in [3.63, 3.8) is 0 Å². The van der Waals surface area contributed by atoms with E-state index >= 15 is 0 Å². The Bertz CT molecular complexity index is 537. The van der Waals surface area contributed by atoms with E-state index in [4.69, 9.17) is 4.52 Å². The van der Waals surface area contributed by atoms with Gasteiger partial charge >= 0.3 is 0 Å². The molecule has 2 aromatic rings. The van der Waals surface area contributed by atoms with Gasteiger partial charge in [0.2, 0.25) is 5.89 Å². The molecular formula is C14H22N6O. The number of hydrogen-bond donors (Lipinski definition) is 1. The first-order valence-electron chi connectivity index (χ1n) is 7.52. The Morgan fingerprint density at radius 2 is 2.43 bits per heavy atom. The van der Waals surface area contributed by atoms with Crippen LogP contribution >= 0.6 is 0 Å². The van der Waals surface area contributed by atoms with E-state index in [1.54, 1.807) is 0 Å². The number of nitrogens with zero attached hydrogens (tertiary/aromatic N) is 5. The molecule has 0 bridgehead atoms. The van der Waals surface area contributed by atoms with Gasteiger partial charge in [-0.1, -0.05) is 5.16 Å². The summed E-state index contributed by atoms with van der Waals surface area (Å²) >= 11 is 0. The van der Waals surface area contributed by atoms with Crippen molar-refractivity contribution in [1.29, 1.82) is 0 Å². The Morgan fingerprint density at radius 1 is 1.48 bits per heavy atom. The number of likely N-dealkylation sites (tertiary alicyclic amines) is 1. The molecule has 114 valence electrons. The SMILES string of the molecule is Cc1nc(CN2CCC[C@H](NCCn3cccn3)C2)no1. The lowest BCUT2D eigenvalue weighted by Crippen LogP contribution is -2.46. The quantitative estimate of drug-likeness (QED) is 0.849. The molecule has 0 saturated carbocycles. The van der Waals surface area contributed by atoms with Crippen molar-refractivity contribution >= 4 is 0 Å². The number of aryl methyl sites for hydroxylation is 1. The maximum absolute atomic E-state index is 5.03. The van der Waals surface area contributed by atoms with Crippen LogP contribution in [0.1, 0.15) is 24.6 Å². The Balaban J connectivity index is 1.42. The summed E-state index contributed by atoms with van der Waals surface area (Å²) in [6.07, 6.45) is 6.24. The molecule has 0 unspecified atom stereocenters. The van der Waals surface area contributed by atoms with Crippen LogP contribution in [0.15, 0.2) is 23.0 Å². The van der Waals surface area contributed by atoms with Gasteiger partial charge in [-0.15, -0.1) is 0 Å². The lowest BCUT2D eigenvalue weighted by Gasteiger charge is -2.32. The molecule has 0 aliphatic carbocycles. The Hall–Kier alpha value is -1.73. The minimum atomic E-state index is 0.530. The van der Waals surface area contributed by atoms with Gasteiger partial charge in [-0.3, -0.25) is 9.58 Å². The van der Waals surface area contributed by atoms with Gasteiger partial charge in [0, 0.05) is 38.4 Å². The minimum Gasteiger partial charge on any atom is -0.340 e. The van der Waals surface area contributed by atoms with E-state index in [9.17, 15) is 0 Å². The third kappa shape index (κ3) is 4.12. The Morgan fingerprint density at radius 3 is 3.19 bits per heavy atom. The zero-order valence-electron chi connectivity index (χ0n) is 12.4. The number of hydrogen-bond acceptors (Lipinski definition) is 6. The molecule has 1 atom stereocenters. The van der Waals surface area contributed by atoms with Crippen molar-refractivity contribution in [3.05, 3.63) is 30.2 Å². The average Bonchev–Trinajstić information content (AvgIpc) is 3.11. The summed E-state index contributed by atoms with van der Waals surface area (Å²) in [6, 6.07) is 2.48. The van der Waals surface area contributed by atoms with Gasteiger partial charge < -0.3 is 9.84 Å². The minimum absolute atomic E-state index is 0.530. The fourth-order valence-corrected chi connectivity index (χ4v) is 2.79. The molecule has 7 heteroatoms. The summed E-state index contributed by atoms with van der Waals surface area (Å²) < 4.78 is 6.98. The van der Waals surface area contributed by atoms with Gasteiger partial charge in [-0.05, 0) is 25.5 Å². The fourth-order valence-electron chi connectivity index (χ4n) is 2.79. The summed E-state index contributed by atoms with van der Waals surface area (Å²) in [5.74, 6) is 1.42. The van der Waals surface area contributed by atoms with Crippen molar-refractivity contribution < 1.29 is 4.52 Å². The first-order valence-corrected chi connectivity index (χ1v) is 7.52. The molecule has 2 aromatic heterocycles. The van der Waals surface area contributed by atoms with Crippen molar-refractivity contribution in [2.75, 3.05) is 19.6 Å². The van der Waals surface area contributed by atoms with Crippen LogP contribution in [0.2, 0.25) is 0 Å². The maximum atomic E-state index is 5.03. The molecule has 3 rings (SSSR count). The average molecular weight is 290 g/mol. The zero-order chi connectivity index (χ0) is 14.5. The van der Waals surface area contributed by atoms with Crippen molar-refractivity contribution in [2.45, 2.75) is 38.9 Å². The third-order valence-corrected chi connectivity index (χ3v) is 3.77.